The molecule has 25 heavy (non-hydrogen) atoms. The van der Waals surface area contributed by atoms with Crippen molar-refractivity contribution in [1.29, 1.82) is 0 Å². The molecule has 2 heterocycles. The van der Waals surface area contributed by atoms with Crippen LogP contribution in [0.4, 0.5) is 5.69 Å². The Bertz CT molecular complexity index is 988. The topological polar surface area (TPSA) is 137 Å². The largest absolute Gasteiger partial charge is 0.369 e. The predicted molar refractivity (Wildman–Crippen MR) is 101 cm³/mol. The lowest BCUT2D eigenvalue weighted by atomic mass is 10.1. The van der Waals surface area contributed by atoms with Gasteiger partial charge in [-0.15, -0.1) is 28.8 Å². The van der Waals surface area contributed by atoms with Gasteiger partial charge in [0.1, 0.15) is 0 Å². The highest BCUT2D eigenvalue weighted by molar-refractivity contribution is 7.15. The molecule has 1 aromatic carbocycles. The molecule has 0 atom stereocenters. The third kappa shape index (κ3) is 3.59. The number of nitrogens with zero attached hydrogens (tertiary/aromatic N) is 5. The molecule has 0 saturated carbocycles. The lowest BCUT2D eigenvalue weighted by molar-refractivity contribution is -0.384. The van der Waals surface area contributed by atoms with E-state index >= 15 is 0 Å². The summed E-state index contributed by atoms with van der Waals surface area (Å²) < 4.78 is 1.89. The van der Waals surface area contributed by atoms with Crippen LogP contribution in [0.2, 0.25) is 0 Å². The Labute approximate surface area is 152 Å². The zero-order valence-electron chi connectivity index (χ0n) is 13.0. The third-order valence-corrected chi connectivity index (χ3v) is 4.20. The number of imidazole rings is 1. The molecule has 0 fully saturated rings. The van der Waals surface area contributed by atoms with E-state index in [2.05, 4.69) is 15.2 Å². The Hall–Kier alpha value is -2.98. The first-order valence-corrected chi connectivity index (χ1v) is 7.68. The van der Waals surface area contributed by atoms with Crippen LogP contribution in [0.3, 0.4) is 0 Å². The maximum absolute atomic E-state index is 11.0. The Morgan fingerprint density at radius 2 is 2.20 bits per heavy atom. The molecule has 4 N–H and O–H groups in total. The lowest BCUT2D eigenvalue weighted by Crippen LogP contribution is -2.21. The summed E-state index contributed by atoms with van der Waals surface area (Å²) in [7, 11) is 0. The van der Waals surface area contributed by atoms with Crippen LogP contribution >= 0.6 is 23.7 Å². The smallest absolute Gasteiger partial charge is 0.270 e. The average Bonchev–Trinajstić information content (AvgIpc) is 3.08. The molecule has 0 aliphatic rings. The van der Waals surface area contributed by atoms with Crippen molar-refractivity contribution >= 4 is 46.6 Å². The molecule has 0 bridgehead atoms. The van der Waals surface area contributed by atoms with Crippen LogP contribution in [0.15, 0.2) is 39.8 Å². The molecule has 0 saturated heterocycles. The third-order valence-electron chi connectivity index (χ3n) is 3.25. The van der Waals surface area contributed by atoms with Gasteiger partial charge in [-0.2, -0.15) is 5.10 Å². The van der Waals surface area contributed by atoms with Crippen molar-refractivity contribution in [2.75, 3.05) is 0 Å². The Kier molecular flexibility index (Phi) is 5.35. The number of aromatic nitrogens is 2. The van der Waals surface area contributed by atoms with Crippen LogP contribution in [-0.4, -0.2) is 26.5 Å². The minimum absolute atomic E-state index is 0. The minimum Gasteiger partial charge on any atom is -0.369 e. The van der Waals surface area contributed by atoms with E-state index in [-0.39, 0.29) is 24.1 Å². The molecular formula is C14H14ClN7O2S. The SMILES string of the molecule is Cc1csc2nc(-c3cccc([N+](=O)[O-])c3)c(/C=N/N=C(N)N)n12.Cl. The normalized spacial score (nSPS) is 10.8. The number of benzene rings is 1. The van der Waals surface area contributed by atoms with E-state index in [9.17, 15) is 10.1 Å². The molecule has 0 aliphatic heterocycles. The number of halogens is 1. The van der Waals surface area contributed by atoms with Gasteiger partial charge < -0.3 is 11.5 Å². The van der Waals surface area contributed by atoms with Gasteiger partial charge in [0.25, 0.3) is 5.69 Å². The second-order valence-corrected chi connectivity index (χ2v) is 5.75. The molecule has 0 spiro atoms. The number of hydrogen-bond acceptors (Lipinski definition) is 6. The zero-order chi connectivity index (χ0) is 17.3. The summed E-state index contributed by atoms with van der Waals surface area (Å²) in [5.41, 5.74) is 13.3. The fourth-order valence-corrected chi connectivity index (χ4v) is 3.14. The molecule has 0 radical (unpaired) electrons. The number of thiazole rings is 1. The van der Waals surface area contributed by atoms with Crippen LogP contribution < -0.4 is 11.5 Å². The molecule has 0 amide bonds. The maximum atomic E-state index is 11.0. The maximum Gasteiger partial charge on any atom is 0.270 e. The monoisotopic (exact) mass is 379 g/mol. The van der Waals surface area contributed by atoms with E-state index in [0.717, 1.165) is 10.7 Å². The van der Waals surface area contributed by atoms with Crippen molar-refractivity contribution in [3.8, 4) is 11.3 Å². The molecule has 0 aliphatic carbocycles. The second kappa shape index (κ2) is 7.28. The lowest BCUT2D eigenvalue weighted by Gasteiger charge is -2.01. The summed E-state index contributed by atoms with van der Waals surface area (Å²) in [4.78, 5) is 15.9. The number of nitro groups is 1. The molecule has 11 heteroatoms. The molecule has 3 rings (SSSR count). The fraction of sp³-hybridized carbons (Fsp3) is 0.0714. The molecular weight excluding hydrogens is 366 g/mol. The van der Waals surface area contributed by atoms with Gasteiger partial charge in [-0.05, 0) is 6.92 Å². The van der Waals surface area contributed by atoms with Gasteiger partial charge in [-0.1, -0.05) is 12.1 Å². The van der Waals surface area contributed by atoms with Gasteiger partial charge in [0, 0.05) is 28.8 Å². The van der Waals surface area contributed by atoms with Gasteiger partial charge in [-0.25, -0.2) is 4.98 Å². The molecule has 9 nitrogen and oxygen atoms in total. The number of nitrogens with two attached hydrogens (primary N) is 2. The van der Waals surface area contributed by atoms with Crippen molar-refractivity contribution in [2.24, 2.45) is 21.7 Å². The highest BCUT2D eigenvalue weighted by Gasteiger charge is 2.17. The zero-order valence-corrected chi connectivity index (χ0v) is 14.6. The van der Waals surface area contributed by atoms with Crippen molar-refractivity contribution in [1.82, 2.24) is 9.38 Å². The molecule has 3 aromatic rings. The number of non-ortho nitro benzene ring substituents is 1. The summed E-state index contributed by atoms with van der Waals surface area (Å²) in [6.07, 6.45) is 1.48. The number of rotatable bonds is 4. The van der Waals surface area contributed by atoms with Gasteiger partial charge in [0.15, 0.2) is 4.96 Å². The Balaban J connectivity index is 0.00000225. The summed E-state index contributed by atoms with van der Waals surface area (Å²) in [6, 6.07) is 6.28. The van der Waals surface area contributed by atoms with E-state index < -0.39 is 4.92 Å². The summed E-state index contributed by atoms with van der Waals surface area (Å²) in [6.45, 7) is 1.93. The van der Waals surface area contributed by atoms with Gasteiger partial charge in [-0.3, -0.25) is 14.5 Å². The van der Waals surface area contributed by atoms with E-state index in [0.29, 0.717) is 17.0 Å². The van der Waals surface area contributed by atoms with Crippen molar-refractivity contribution in [2.45, 2.75) is 6.92 Å². The number of aryl methyl sites for hydroxylation is 1. The standard InChI is InChI=1S/C14H13N7O2S.ClH/c1-8-7-24-14-18-12(9-3-2-4-10(5-9)21(22)23)11(20(8)14)6-17-19-13(15)16;/h2-7H,1H3,(H4,15,16,19);1H/b17-6+;. The predicted octanol–water partition coefficient (Wildman–Crippen LogP) is 2.31. The van der Waals surface area contributed by atoms with Gasteiger partial charge in [0.05, 0.1) is 22.5 Å². The molecule has 130 valence electrons. The highest BCUT2D eigenvalue weighted by atomic mass is 35.5. The van der Waals surface area contributed by atoms with Crippen LogP contribution in [0.5, 0.6) is 0 Å². The van der Waals surface area contributed by atoms with E-state index in [4.69, 9.17) is 11.5 Å². The molecule has 2 aromatic heterocycles. The fourth-order valence-electron chi connectivity index (χ4n) is 2.27. The van der Waals surface area contributed by atoms with Gasteiger partial charge in [0.2, 0.25) is 5.96 Å². The van der Waals surface area contributed by atoms with E-state index in [1.807, 2.05) is 16.7 Å². The first kappa shape index (κ1) is 18.4. The van der Waals surface area contributed by atoms with E-state index in [1.54, 1.807) is 12.1 Å². The van der Waals surface area contributed by atoms with Crippen molar-refractivity contribution in [3.63, 3.8) is 0 Å². The number of hydrogen-bond donors (Lipinski definition) is 2. The second-order valence-electron chi connectivity index (χ2n) is 4.92. The number of guanidine groups is 1. The molecule has 0 unspecified atom stereocenters. The summed E-state index contributed by atoms with van der Waals surface area (Å²) in [5, 5.41) is 20.4. The van der Waals surface area contributed by atoms with Crippen molar-refractivity contribution in [3.05, 3.63) is 51.1 Å². The first-order valence-electron chi connectivity index (χ1n) is 6.80. The van der Waals surface area contributed by atoms with Crippen LogP contribution in [0.1, 0.15) is 11.4 Å². The average molecular weight is 380 g/mol. The Morgan fingerprint density at radius 1 is 1.44 bits per heavy atom. The quantitative estimate of drug-likeness (QED) is 0.310. The van der Waals surface area contributed by atoms with Crippen LogP contribution in [-0.2, 0) is 0 Å². The Morgan fingerprint density at radius 3 is 2.88 bits per heavy atom. The minimum atomic E-state index is -0.444. The summed E-state index contributed by atoms with van der Waals surface area (Å²) in [5.74, 6) is -0.161. The number of fused-ring (bicyclic) bond motifs is 1. The highest BCUT2D eigenvalue weighted by Crippen LogP contribution is 2.29. The summed E-state index contributed by atoms with van der Waals surface area (Å²) >= 11 is 1.46. The van der Waals surface area contributed by atoms with E-state index in [1.165, 1.54) is 29.7 Å². The van der Waals surface area contributed by atoms with Gasteiger partial charge >= 0.3 is 0 Å². The number of nitro benzene ring substituents is 1. The van der Waals surface area contributed by atoms with Crippen LogP contribution in [0.25, 0.3) is 16.2 Å². The van der Waals surface area contributed by atoms with Crippen LogP contribution in [0, 0.1) is 17.0 Å². The van der Waals surface area contributed by atoms with Crippen molar-refractivity contribution < 1.29 is 4.92 Å². The first-order chi connectivity index (χ1) is 11.5.